The van der Waals surface area contributed by atoms with Gasteiger partial charge in [0.15, 0.2) is 6.17 Å². The van der Waals surface area contributed by atoms with E-state index in [-0.39, 0.29) is 31.7 Å². The lowest BCUT2D eigenvalue weighted by Gasteiger charge is -2.43. The molecule has 0 aliphatic carbocycles. The number of hydrogen-bond acceptors (Lipinski definition) is 5. The summed E-state index contributed by atoms with van der Waals surface area (Å²) >= 11 is 0. The quantitative estimate of drug-likeness (QED) is 0.592. The lowest BCUT2D eigenvalue weighted by atomic mass is 10.0. The number of carboxylic acids is 1. The highest BCUT2D eigenvalue weighted by Crippen LogP contribution is 2.23. The van der Waals surface area contributed by atoms with Crippen molar-refractivity contribution >= 4 is 23.7 Å². The number of aryl methyl sites for hydroxylation is 1. The summed E-state index contributed by atoms with van der Waals surface area (Å²) in [5.41, 5.74) is 1.63. The molecule has 1 heterocycles. The number of amides is 3. The first-order chi connectivity index (χ1) is 16.7. The zero-order valence-electron chi connectivity index (χ0n) is 19.6. The molecule has 1 saturated heterocycles. The fraction of sp³-hybridized carbons (Fsp3) is 0.360. The minimum atomic E-state index is -1.33. The first-order valence-corrected chi connectivity index (χ1v) is 11.1. The van der Waals surface area contributed by atoms with Gasteiger partial charge in [-0.3, -0.25) is 19.2 Å². The Morgan fingerprint density at radius 1 is 1.11 bits per heavy atom. The third-order valence-corrected chi connectivity index (χ3v) is 5.70. The van der Waals surface area contributed by atoms with Crippen molar-refractivity contribution in [2.75, 3.05) is 26.8 Å². The van der Waals surface area contributed by atoms with E-state index in [0.717, 1.165) is 17.7 Å². The van der Waals surface area contributed by atoms with Crippen molar-refractivity contribution < 1.29 is 33.4 Å². The molecular weight excluding hydrogens is 457 g/mol. The second-order valence-electron chi connectivity index (χ2n) is 8.33. The summed E-state index contributed by atoms with van der Waals surface area (Å²) in [6, 6.07) is 11.1. The highest BCUT2D eigenvalue weighted by Gasteiger charge is 2.41. The zero-order chi connectivity index (χ0) is 25.5. The van der Waals surface area contributed by atoms with E-state index in [1.54, 1.807) is 18.2 Å². The fourth-order valence-corrected chi connectivity index (χ4v) is 4.11. The van der Waals surface area contributed by atoms with Crippen molar-refractivity contribution in [3.63, 3.8) is 0 Å². The summed E-state index contributed by atoms with van der Waals surface area (Å²) in [5.74, 6) is -3.37. The van der Waals surface area contributed by atoms with Crippen LogP contribution in [-0.4, -0.2) is 71.6 Å². The molecule has 3 amide bonds. The summed E-state index contributed by atoms with van der Waals surface area (Å²) in [7, 11) is 1.35. The molecule has 3 rings (SSSR count). The van der Waals surface area contributed by atoms with Gasteiger partial charge in [0.2, 0.25) is 0 Å². The van der Waals surface area contributed by atoms with Gasteiger partial charge in [0.05, 0.1) is 12.5 Å². The van der Waals surface area contributed by atoms with Gasteiger partial charge in [-0.2, -0.15) is 0 Å². The first-order valence-electron chi connectivity index (χ1n) is 11.1. The monoisotopic (exact) mass is 485 g/mol. The maximum atomic E-state index is 13.6. The van der Waals surface area contributed by atoms with Crippen LogP contribution in [0.3, 0.4) is 0 Å². The first kappa shape index (κ1) is 25.8. The number of carboxylic acid groups (broad SMARTS) is 1. The van der Waals surface area contributed by atoms with Gasteiger partial charge in [-0.05, 0) is 43.2 Å². The molecule has 186 valence electrons. The number of hydrogen-bond donors (Lipinski definition) is 2. The minimum absolute atomic E-state index is 0.158. The van der Waals surface area contributed by atoms with Gasteiger partial charge < -0.3 is 25.0 Å². The summed E-state index contributed by atoms with van der Waals surface area (Å²) in [5, 5.41) is 12.2. The average Bonchev–Trinajstić information content (AvgIpc) is 2.83. The molecule has 2 aromatic carbocycles. The van der Waals surface area contributed by atoms with Gasteiger partial charge >= 0.3 is 5.97 Å². The Morgan fingerprint density at radius 3 is 2.43 bits per heavy atom. The van der Waals surface area contributed by atoms with Crippen LogP contribution in [0.15, 0.2) is 48.5 Å². The Labute approximate surface area is 202 Å². The smallest absolute Gasteiger partial charge is 0.305 e. The lowest BCUT2D eigenvalue weighted by molar-refractivity contribution is -0.152. The molecule has 0 bridgehead atoms. The number of aliphatic carboxylic acids is 1. The predicted octanol–water partition coefficient (Wildman–Crippen LogP) is 2.11. The van der Waals surface area contributed by atoms with Crippen molar-refractivity contribution in [1.29, 1.82) is 0 Å². The predicted molar refractivity (Wildman–Crippen MR) is 124 cm³/mol. The van der Waals surface area contributed by atoms with E-state index in [1.807, 2.05) is 13.0 Å². The molecule has 2 aromatic rings. The topological polar surface area (TPSA) is 116 Å². The normalized spacial score (nSPS) is 16.5. The van der Waals surface area contributed by atoms with Gasteiger partial charge in [-0.1, -0.05) is 29.8 Å². The van der Waals surface area contributed by atoms with E-state index in [0.29, 0.717) is 12.0 Å². The molecule has 1 fully saturated rings. The van der Waals surface area contributed by atoms with E-state index in [9.17, 15) is 28.7 Å². The van der Waals surface area contributed by atoms with Crippen LogP contribution < -0.4 is 5.32 Å². The molecule has 2 unspecified atom stereocenters. The highest BCUT2D eigenvalue weighted by atomic mass is 19.1. The lowest BCUT2D eigenvalue weighted by Crippen LogP contribution is -2.64. The van der Waals surface area contributed by atoms with Crippen LogP contribution in [0.4, 0.5) is 4.39 Å². The Kier molecular flexibility index (Phi) is 8.53. The van der Waals surface area contributed by atoms with Crippen LogP contribution in [0.2, 0.25) is 0 Å². The van der Waals surface area contributed by atoms with Crippen molar-refractivity contribution in [3.05, 3.63) is 71.0 Å². The third-order valence-electron chi connectivity index (χ3n) is 5.70. The van der Waals surface area contributed by atoms with Crippen LogP contribution >= 0.6 is 0 Å². The van der Waals surface area contributed by atoms with Gasteiger partial charge in [0, 0.05) is 25.8 Å². The van der Waals surface area contributed by atoms with Gasteiger partial charge in [0.1, 0.15) is 12.4 Å². The van der Waals surface area contributed by atoms with E-state index >= 15 is 0 Å². The average molecular weight is 486 g/mol. The van der Waals surface area contributed by atoms with Gasteiger partial charge in [-0.25, -0.2) is 4.39 Å². The van der Waals surface area contributed by atoms with Crippen LogP contribution in [0, 0.1) is 12.7 Å². The number of nitrogens with one attached hydrogen (secondary N) is 1. The van der Waals surface area contributed by atoms with Crippen LogP contribution in [-0.2, 0) is 19.1 Å². The Morgan fingerprint density at radius 2 is 1.80 bits per heavy atom. The number of methoxy groups -OCH3 is 1. The number of benzene rings is 2. The van der Waals surface area contributed by atoms with Crippen molar-refractivity contribution in [2.24, 2.45) is 0 Å². The molecule has 9 nitrogen and oxygen atoms in total. The number of carbonyl (C=O) groups excluding carboxylic acids is 3. The van der Waals surface area contributed by atoms with Crippen LogP contribution in [0.5, 0.6) is 0 Å². The Balaban J connectivity index is 1.95. The summed E-state index contributed by atoms with van der Waals surface area (Å²) in [6.07, 6.45) is -1.30. The molecule has 2 N–H and O–H groups in total. The van der Waals surface area contributed by atoms with E-state index in [1.165, 1.54) is 29.0 Å². The summed E-state index contributed by atoms with van der Waals surface area (Å²) in [6.45, 7) is 1.94. The zero-order valence-corrected chi connectivity index (χ0v) is 19.6. The minimum Gasteiger partial charge on any atom is -0.481 e. The second kappa shape index (κ2) is 11.6. The number of nitrogens with zero attached hydrogens (tertiary/aromatic N) is 2. The maximum Gasteiger partial charge on any atom is 0.305 e. The van der Waals surface area contributed by atoms with Crippen molar-refractivity contribution in [2.45, 2.75) is 32.0 Å². The second-order valence-corrected chi connectivity index (χ2v) is 8.33. The van der Waals surface area contributed by atoms with Gasteiger partial charge in [0.25, 0.3) is 17.7 Å². The SMILES string of the molecule is COCC(=O)N1CCCN(C(=O)c2ccc(F)cc2)C1C(=O)NC(CC(=O)O)c1cccc(C)c1. The molecule has 0 spiro atoms. The van der Waals surface area contributed by atoms with Crippen molar-refractivity contribution in [1.82, 2.24) is 15.1 Å². The molecule has 10 heteroatoms. The van der Waals surface area contributed by atoms with Crippen LogP contribution in [0.1, 0.15) is 40.4 Å². The maximum absolute atomic E-state index is 13.6. The summed E-state index contributed by atoms with van der Waals surface area (Å²) < 4.78 is 18.3. The molecule has 0 aromatic heterocycles. The van der Waals surface area contributed by atoms with E-state index < -0.39 is 41.7 Å². The Bertz CT molecular complexity index is 1090. The molecule has 1 aliphatic heterocycles. The number of halogens is 1. The molecular formula is C25H28FN3O6. The molecule has 2 atom stereocenters. The molecule has 0 radical (unpaired) electrons. The largest absolute Gasteiger partial charge is 0.481 e. The van der Waals surface area contributed by atoms with Crippen LogP contribution in [0.25, 0.3) is 0 Å². The van der Waals surface area contributed by atoms with E-state index in [2.05, 4.69) is 5.32 Å². The van der Waals surface area contributed by atoms with Gasteiger partial charge in [-0.15, -0.1) is 0 Å². The molecule has 1 aliphatic rings. The molecule has 35 heavy (non-hydrogen) atoms. The fourth-order valence-electron chi connectivity index (χ4n) is 4.11. The number of carbonyl (C=O) groups is 4. The highest BCUT2D eigenvalue weighted by molar-refractivity contribution is 5.99. The van der Waals surface area contributed by atoms with Crippen molar-refractivity contribution in [3.8, 4) is 0 Å². The summed E-state index contributed by atoms with van der Waals surface area (Å²) in [4.78, 5) is 53.7. The van der Waals surface area contributed by atoms with E-state index in [4.69, 9.17) is 4.74 Å². The third kappa shape index (κ3) is 6.42. The number of ether oxygens (including phenoxy) is 1. The molecule has 0 saturated carbocycles. The standard InChI is InChI=1S/C25H28FN3O6/c1-16-5-3-6-18(13-16)20(14-22(31)32)27-23(33)24-28(21(30)15-35-2)11-4-12-29(24)25(34)17-7-9-19(26)10-8-17/h3,5-10,13,20,24H,4,11-12,14-15H2,1-2H3,(H,27,33)(H,31,32). The number of rotatable bonds is 8. The Hall–Kier alpha value is -3.79.